The van der Waals surface area contributed by atoms with Crippen LogP contribution < -0.4 is 0 Å². The fourth-order valence-electron chi connectivity index (χ4n) is 12.6. The monoisotopic (exact) mass is 1470 g/mol. The van der Waals surface area contributed by atoms with Crippen LogP contribution in [0.3, 0.4) is 0 Å². The van der Waals surface area contributed by atoms with Gasteiger partial charge >= 0.3 is 19.8 Å². The van der Waals surface area contributed by atoms with Crippen LogP contribution >= 0.6 is 7.82 Å². The van der Waals surface area contributed by atoms with Gasteiger partial charge in [-0.2, -0.15) is 0 Å². The van der Waals surface area contributed by atoms with Gasteiger partial charge in [-0.25, -0.2) is 4.57 Å². The predicted octanol–water partition coefficient (Wildman–Crippen LogP) is 29.8. The highest BCUT2D eigenvalue weighted by Gasteiger charge is 2.27. The van der Waals surface area contributed by atoms with Gasteiger partial charge in [-0.3, -0.25) is 18.6 Å². The number of ether oxygens (including phenoxy) is 2. The van der Waals surface area contributed by atoms with Gasteiger partial charge in [0.25, 0.3) is 0 Å². The van der Waals surface area contributed by atoms with Crippen molar-refractivity contribution >= 4 is 19.8 Å². The van der Waals surface area contributed by atoms with Gasteiger partial charge in [0, 0.05) is 12.8 Å². The normalized spacial score (nSPS) is 13.6. The minimum absolute atomic E-state index is 0.0311. The second-order valence-corrected chi connectivity index (χ2v) is 32.0. The van der Waals surface area contributed by atoms with Crippen molar-refractivity contribution in [3.05, 3.63) is 134 Å². The van der Waals surface area contributed by atoms with Crippen LogP contribution in [0.2, 0.25) is 0 Å². The van der Waals surface area contributed by atoms with E-state index in [1.807, 2.05) is 21.1 Å². The van der Waals surface area contributed by atoms with Gasteiger partial charge in [-0.05, 0) is 109 Å². The average Bonchev–Trinajstić information content (AvgIpc) is 0.915. The maximum atomic E-state index is 12.9. The molecule has 0 aliphatic rings. The number of carbonyl (C=O) groups is 2. The molecule has 2 atom stereocenters. The van der Waals surface area contributed by atoms with Crippen LogP contribution in [0.15, 0.2) is 134 Å². The van der Waals surface area contributed by atoms with Gasteiger partial charge in [0.1, 0.15) is 19.8 Å². The topological polar surface area (TPSA) is 108 Å². The van der Waals surface area contributed by atoms with Crippen molar-refractivity contribution in [1.29, 1.82) is 0 Å². The van der Waals surface area contributed by atoms with Gasteiger partial charge in [0.05, 0.1) is 27.7 Å². The first-order valence-electron chi connectivity index (χ1n) is 43.9. The van der Waals surface area contributed by atoms with E-state index in [0.717, 1.165) is 103 Å². The fourth-order valence-corrected chi connectivity index (χ4v) is 13.3. The molecule has 0 spiro atoms. The van der Waals surface area contributed by atoms with Crippen molar-refractivity contribution in [2.75, 3.05) is 47.5 Å². The number of phosphoric ester groups is 1. The van der Waals surface area contributed by atoms with E-state index in [9.17, 15) is 19.0 Å². The van der Waals surface area contributed by atoms with Crippen molar-refractivity contribution in [2.24, 2.45) is 0 Å². The van der Waals surface area contributed by atoms with Crippen LogP contribution in [0.1, 0.15) is 399 Å². The van der Waals surface area contributed by atoms with E-state index in [1.165, 1.54) is 263 Å². The third-order valence-electron chi connectivity index (χ3n) is 19.2. The standard InChI is InChI=1S/C94H166NO8P/c1-6-8-10-12-14-16-18-20-22-24-26-28-30-32-34-36-38-40-42-44-46-47-49-50-52-54-56-58-60-62-64-66-68-70-72-74-76-78-80-82-84-86-93(96)100-90-92(91-102-104(98,99)101-89-88-95(3,4)5)103-94(97)87-85-83-81-79-77-75-73-71-69-67-65-63-61-59-57-55-53-51-48-45-43-41-39-37-35-33-31-29-27-25-23-21-19-17-15-13-11-9-7-2/h8-11,14-17,20-23,26-29,32-35,39,41,92H,6-7,12-13,18-19,24-25,30-31,36-38,40,42-91H2,1-5H3/p+1/b10-8-,11-9-,16-14-,17-15-,22-20-,23-21-,28-26-,29-27-,34-32-,35-33-,41-39-. The van der Waals surface area contributed by atoms with Crippen LogP contribution in [0, 0.1) is 0 Å². The molecule has 1 N–H and O–H groups in total. The number of phosphoric acid groups is 1. The Morgan fingerprint density at radius 1 is 0.298 bits per heavy atom. The first-order chi connectivity index (χ1) is 51.0. The van der Waals surface area contributed by atoms with Crippen LogP contribution in [-0.4, -0.2) is 74.9 Å². The van der Waals surface area contributed by atoms with E-state index >= 15 is 0 Å². The summed E-state index contributed by atoms with van der Waals surface area (Å²) < 4.78 is 34.9. The van der Waals surface area contributed by atoms with Gasteiger partial charge in [-0.1, -0.05) is 411 Å². The number of carbonyl (C=O) groups excluding carboxylic acids is 2. The molecule has 0 heterocycles. The maximum Gasteiger partial charge on any atom is 0.472 e. The molecule has 0 aromatic carbocycles. The number of hydrogen-bond donors (Lipinski definition) is 1. The van der Waals surface area contributed by atoms with Crippen LogP contribution in [0.4, 0.5) is 0 Å². The summed E-state index contributed by atoms with van der Waals surface area (Å²) in [6.07, 6.45) is 122. The van der Waals surface area contributed by atoms with E-state index in [0.29, 0.717) is 23.9 Å². The molecule has 104 heavy (non-hydrogen) atoms. The first kappa shape index (κ1) is 100. The Bertz CT molecular complexity index is 2230. The zero-order valence-corrected chi connectivity index (χ0v) is 69.6. The lowest BCUT2D eigenvalue weighted by Crippen LogP contribution is -2.37. The number of esters is 2. The molecular formula is C94H167NO8P+. The molecule has 10 heteroatoms. The number of quaternary nitrogens is 1. The molecule has 600 valence electrons. The van der Waals surface area contributed by atoms with E-state index in [1.54, 1.807) is 0 Å². The van der Waals surface area contributed by atoms with Gasteiger partial charge in [0.2, 0.25) is 0 Å². The first-order valence-corrected chi connectivity index (χ1v) is 45.4. The fraction of sp³-hybridized carbons (Fsp3) is 0.745. The molecule has 2 unspecified atom stereocenters. The third-order valence-corrected chi connectivity index (χ3v) is 20.2. The number of nitrogens with zero attached hydrogens (tertiary/aromatic N) is 1. The molecule has 0 rings (SSSR count). The molecule has 0 amide bonds. The molecular weight excluding hydrogens is 1300 g/mol. The molecule has 0 radical (unpaired) electrons. The van der Waals surface area contributed by atoms with Crippen molar-refractivity contribution < 1.29 is 42.1 Å². The van der Waals surface area contributed by atoms with Gasteiger partial charge in [0.15, 0.2) is 6.10 Å². The zero-order valence-electron chi connectivity index (χ0n) is 68.7. The van der Waals surface area contributed by atoms with Crippen LogP contribution in [-0.2, 0) is 32.7 Å². The van der Waals surface area contributed by atoms with Crippen molar-refractivity contribution in [1.82, 2.24) is 0 Å². The SMILES string of the molecule is CC/C=C\C/C=C\C/C=C\C/C=C\C/C=C\C/C=C\CCCCCCCCCCCCCCCCCCCCCCC(=O)OC(COC(=O)CCCCCCCCCCCCCCCCCCCCCCCCCCC/C=C\C/C=C\C/C=C\C/C=C\C/C=C\CC)COP(=O)(O)OCC[N+](C)(C)C. The predicted molar refractivity (Wildman–Crippen MR) is 454 cm³/mol. The Morgan fingerprint density at radius 3 is 0.769 bits per heavy atom. The van der Waals surface area contributed by atoms with E-state index in [2.05, 4.69) is 148 Å². The summed E-state index contributed by atoms with van der Waals surface area (Å²) in [6.45, 7) is 4.26. The van der Waals surface area contributed by atoms with Crippen LogP contribution in [0.25, 0.3) is 0 Å². The van der Waals surface area contributed by atoms with Gasteiger partial charge < -0.3 is 18.9 Å². The highest BCUT2D eigenvalue weighted by molar-refractivity contribution is 7.47. The third kappa shape index (κ3) is 87.1. The minimum atomic E-state index is -4.40. The van der Waals surface area contributed by atoms with E-state index in [4.69, 9.17) is 18.5 Å². The largest absolute Gasteiger partial charge is 0.472 e. The lowest BCUT2D eigenvalue weighted by molar-refractivity contribution is -0.870. The van der Waals surface area contributed by atoms with E-state index < -0.39 is 26.5 Å². The maximum absolute atomic E-state index is 12.9. The van der Waals surface area contributed by atoms with Gasteiger partial charge in [-0.15, -0.1) is 0 Å². The molecule has 0 aromatic heterocycles. The quantitative estimate of drug-likeness (QED) is 0.0211. The summed E-state index contributed by atoms with van der Waals surface area (Å²) in [6, 6.07) is 0. The van der Waals surface area contributed by atoms with Crippen molar-refractivity contribution in [3.63, 3.8) is 0 Å². The second-order valence-electron chi connectivity index (χ2n) is 30.5. The Morgan fingerprint density at radius 2 is 0.519 bits per heavy atom. The second kappa shape index (κ2) is 83.2. The van der Waals surface area contributed by atoms with Crippen molar-refractivity contribution in [2.45, 2.75) is 405 Å². The summed E-state index contributed by atoms with van der Waals surface area (Å²) in [5.74, 6) is -0.779. The molecule has 0 aliphatic heterocycles. The number of hydrogen-bond acceptors (Lipinski definition) is 7. The van der Waals surface area contributed by atoms with E-state index in [-0.39, 0.29) is 25.6 Å². The Labute approximate surface area is 644 Å². The summed E-state index contributed by atoms with van der Waals surface area (Å²) in [5, 5.41) is 0. The molecule has 0 fully saturated rings. The summed E-state index contributed by atoms with van der Waals surface area (Å²) in [5.41, 5.74) is 0. The highest BCUT2D eigenvalue weighted by atomic mass is 31.2. The molecule has 0 bridgehead atoms. The smallest absolute Gasteiger partial charge is 0.462 e. The molecule has 0 aromatic rings. The number of likely N-dealkylation sites (N-methyl/N-ethyl adjacent to an activating group) is 1. The number of unbranched alkanes of at least 4 members (excludes halogenated alkanes) is 45. The zero-order chi connectivity index (χ0) is 75.4. The number of allylic oxidation sites excluding steroid dienone is 22. The average molecular weight is 1470 g/mol. The Hall–Kier alpha value is -3.85. The Kier molecular flexibility index (Phi) is 80.1. The summed E-state index contributed by atoms with van der Waals surface area (Å²) in [7, 11) is 1.49. The molecule has 0 aliphatic carbocycles. The Balaban J connectivity index is 3.89. The minimum Gasteiger partial charge on any atom is -0.462 e. The summed E-state index contributed by atoms with van der Waals surface area (Å²) in [4.78, 5) is 36.1. The lowest BCUT2D eigenvalue weighted by atomic mass is 10.0. The summed E-state index contributed by atoms with van der Waals surface area (Å²) >= 11 is 0. The van der Waals surface area contributed by atoms with Crippen molar-refractivity contribution in [3.8, 4) is 0 Å². The molecule has 0 saturated heterocycles. The number of rotatable bonds is 81. The lowest BCUT2D eigenvalue weighted by Gasteiger charge is -2.24. The molecule has 9 nitrogen and oxygen atoms in total. The van der Waals surface area contributed by atoms with Crippen LogP contribution in [0.5, 0.6) is 0 Å². The highest BCUT2D eigenvalue weighted by Crippen LogP contribution is 2.43. The molecule has 0 saturated carbocycles.